The third kappa shape index (κ3) is 6.27. The fraction of sp³-hybridized carbons (Fsp3) is 0.418. The van der Waals surface area contributed by atoms with Crippen LogP contribution in [0.1, 0.15) is 115 Å². The Morgan fingerprint density at radius 3 is 1.87 bits per heavy atom. The van der Waals surface area contributed by atoms with Crippen molar-refractivity contribution < 1.29 is 0 Å². The van der Waals surface area contributed by atoms with Gasteiger partial charge < -0.3 is 0 Å². The second kappa shape index (κ2) is 14.4. The number of allylic oxidation sites excluding steroid dienone is 2. The van der Waals surface area contributed by atoms with Crippen LogP contribution in [0, 0.1) is 47.3 Å². The van der Waals surface area contributed by atoms with Crippen molar-refractivity contribution in [3.8, 4) is 0 Å². The Labute approximate surface area is 331 Å². The summed E-state index contributed by atoms with van der Waals surface area (Å²) in [4.78, 5) is 0. The van der Waals surface area contributed by atoms with E-state index in [0.29, 0.717) is 29.6 Å². The monoisotopic (exact) mass is 720 g/mol. The SMILES string of the molecule is CC(CC(C)(CC(CC1c2ccccc2CC1C1c2ccccc2CC1C1C(C)CC2C3C=CC(C3)C21)c1ccccc1)c1ccccc1)c1ccccc1. The fourth-order valence-electron chi connectivity index (χ4n) is 14.2. The molecule has 2 bridgehead atoms. The molecule has 280 valence electrons. The van der Waals surface area contributed by atoms with Crippen LogP contribution in [-0.2, 0) is 18.3 Å². The molecular weight excluding hydrogens is 661 g/mol. The van der Waals surface area contributed by atoms with E-state index in [1.807, 2.05) is 0 Å². The molecule has 0 radical (unpaired) electrons. The number of hydrogen-bond acceptors (Lipinski definition) is 0. The van der Waals surface area contributed by atoms with Gasteiger partial charge in [0.05, 0.1) is 0 Å². The van der Waals surface area contributed by atoms with Crippen molar-refractivity contribution >= 4 is 0 Å². The van der Waals surface area contributed by atoms with Gasteiger partial charge in [0.25, 0.3) is 0 Å². The summed E-state index contributed by atoms with van der Waals surface area (Å²) in [5, 5.41) is 0. The maximum atomic E-state index is 2.65. The second-order valence-corrected chi connectivity index (χ2v) is 19.2. The van der Waals surface area contributed by atoms with E-state index in [2.05, 4.69) is 172 Å². The van der Waals surface area contributed by atoms with Crippen LogP contribution < -0.4 is 0 Å². The van der Waals surface area contributed by atoms with Crippen LogP contribution in [0.5, 0.6) is 0 Å². The van der Waals surface area contributed by atoms with Gasteiger partial charge in [-0.2, -0.15) is 0 Å². The van der Waals surface area contributed by atoms with Gasteiger partial charge in [-0.1, -0.05) is 172 Å². The molecule has 0 heteroatoms. The first kappa shape index (κ1) is 35.3. The molecule has 5 aromatic rings. The summed E-state index contributed by atoms with van der Waals surface area (Å²) in [6.07, 6.45) is 14.1. The van der Waals surface area contributed by atoms with E-state index < -0.39 is 0 Å². The summed E-state index contributed by atoms with van der Waals surface area (Å²) in [5.41, 5.74) is 11.1. The summed E-state index contributed by atoms with van der Waals surface area (Å²) >= 11 is 0. The van der Waals surface area contributed by atoms with Crippen LogP contribution in [0.4, 0.5) is 0 Å². The van der Waals surface area contributed by atoms with E-state index in [9.17, 15) is 0 Å². The summed E-state index contributed by atoms with van der Waals surface area (Å²) < 4.78 is 0. The highest BCUT2D eigenvalue weighted by Crippen LogP contribution is 2.66. The Kier molecular flexibility index (Phi) is 9.24. The Morgan fingerprint density at radius 1 is 0.564 bits per heavy atom. The van der Waals surface area contributed by atoms with Crippen LogP contribution in [0.3, 0.4) is 0 Å². The van der Waals surface area contributed by atoms with E-state index in [1.54, 1.807) is 22.3 Å². The quantitative estimate of drug-likeness (QED) is 0.119. The Balaban J connectivity index is 1.04. The van der Waals surface area contributed by atoms with Crippen LogP contribution in [-0.4, -0.2) is 0 Å². The standard InChI is InChI=1S/C55H60/c1-36-29-48-42-27-28-43(30-42)53(48)52(36)51-32-41-22-14-16-26-47(41)54(51)50-31-40-21-13-15-25-46(40)49(50)33-44(39-19-9-5-10-20-39)35-55(3,45-23-11-6-12-24-45)34-37(2)38-17-7-4-8-18-38/h4-28,36-37,42-44,48-54H,29-35H2,1-3H3. The lowest BCUT2D eigenvalue weighted by molar-refractivity contribution is 0.133. The normalized spacial score (nSPS) is 32.1. The first-order valence-corrected chi connectivity index (χ1v) is 21.9. The maximum absolute atomic E-state index is 2.65. The molecule has 2 saturated carbocycles. The third-order valence-electron chi connectivity index (χ3n) is 16.3. The summed E-state index contributed by atoms with van der Waals surface area (Å²) in [5.74, 6) is 8.60. The van der Waals surface area contributed by atoms with E-state index in [1.165, 1.54) is 48.8 Å². The Bertz CT molecular complexity index is 2110. The molecule has 0 saturated heterocycles. The van der Waals surface area contributed by atoms with Gasteiger partial charge in [0.2, 0.25) is 0 Å². The lowest BCUT2D eigenvalue weighted by atomic mass is 9.63. The zero-order chi connectivity index (χ0) is 37.1. The highest BCUT2D eigenvalue weighted by atomic mass is 14.6. The number of rotatable bonds is 11. The number of hydrogen-bond donors (Lipinski definition) is 0. The molecule has 2 fully saturated rings. The van der Waals surface area contributed by atoms with Gasteiger partial charge in [0.1, 0.15) is 0 Å². The van der Waals surface area contributed by atoms with Crippen molar-refractivity contribution in [1.29, 1.82) is 0 Å². The maximum Gasteiger partial charge on any atom is -0.00637 e. The molecule has 0 nitrogen and oxygen atoms in total. The molecule has 5 aliphatic rings. The highest BCUT2D eigenvalue weighted by molar-refractivity contribution is 5.44. The number of benzene rings is 5. The van der Waals surface area contributed by atoms with E-state index in [4.69, 9.17) is 0 Å². The van der Waals surface area contributed by atoms with E-state index in [-0.39, 0.29) is 5.41 Å². The van der Waals surface area contributed by atoms with Gasteiger partial charge in [-0.3, -0.25) is 0 Å². The predicted molar refractivity (Wildman–Crippen MR) is 229 cm³/mol. The van der Waals surface area contributed by atoms with E-state index >= 15 is 0 Å². The van der Waals surface area contributed by atoms with Crippen molar-refractivity contribution in [3.05, 3.63) is 191 Å². The zero-order valence-corrected chi connectivity index (χ0v) is 33.3. The van der Waals surface area contributed by atoms with Gasteiger partial charge in [-0.15, -0.1) is 0 Å². The minimum absolute atomic E-state index is 0.0245. The molecule has 0 N–H and O–H groups in total. The minimum atomic E-state index is 0.0245. The predicted octanol–water partition coefficient (Wildman–Crippen LogP) is 13.7. The van der Waals surface area contributed by atoms with E-state index in [0.717, 1.165) is 54.3 Å². The topological polar surface area (TPSA) is 0 Å². The van der Waals surface area contributed by atoms with Gasteiger partial charge >= 0.3 is 0 Å². The third-order valence-corrected chi connectivity index (χ3v) is 16.3. The van der Waals surface area contributed by atoms with Crippen LogP contribution in [0.2, 0.25) is 0 Å². The molecule has 0 amide bonds. The summed E-state index contributed by atoms with van der Waals surface area (Å²) in [7, 11) is 0. The van der Waals surface area contributed by atoms with Crippen molar-refractivity contribution in [2.45, 2.75) is 94.8 Å². The van der Waals surface area contributed by atoms with Gasteiger partial charge in [0, 0.05) is 0 Å². The van der Waals surface area contributed by atoms with Crippen molar-refractivity contribution in [2.75, 3.05) is 0 Å². The minimum Gasteiger partial charge on any atom is -0.0848 e. The molecule has 5 aliphatic carbocycles. The van der Waals surface area contributed by atoms with Crippen molar-refractivity contribution in [1.82, 2.24) is 0 Å². The Morgan fingerprint density at radius 2 is 1.15 bits per heavy atom. The molecule has 0 spiro atoms. The second-order valence-electron chi connectivity index (χ2n) is 19.2. The molecule has 13 atom stereocenters. The molecular formula is C55H60. The fourth-order valence-corrected chi connectivity index (χ4v) is 14.2. The lowest BCUT2D eigenvalue weighted by Gasteiger charge is -2.41. The largest absolute Gasteiger partial charge is 0.0848 e. The summed E-state index contributed by atoms with van der Waals surface area (Å²) in [6, 6.07) is 53.9. The van der Waals surface area contributed by atoms with Gasteiger partial charge in [-0.25, -0.2) is 0 Å². The van der Waals surface area contributed by atoms with Gasteiger partial charge in [-0.05, 0) is 160 Å². The number of fused-ring (bicyclic) bond motifs is 7. The molecule has 0 aliphatic heterocycles. The smallest absolute Gasteiger partial charge is 0.00637 e. The molecule has 5 aromatic carbocycles. The van der Waals surface area contributed by atoms with Crippen molar-refractivity contribution in [3.63, 3.8) is 0 Å². The average Bonchev–Trinajstić information content (AvgIpc) is 4.05. The first-order valence-electron chi connectivity index (χ1n) is 21.9. The summed E-state index contributed by atoms with van der Waals surface area (Å²) in [6.45, 7) is 7.69. The van der Waals surface area contributed by atoms with Crippen LogP contribution in [0.15, 0.2) is 152 Å². The zero-order valence-electron chi connectivity index (χ0n) is 33.3. The van der Waals surface area contributed by atoms with Crippen LogP contribution in [0.25, 0.3) is 0 Å². The average molecular weight is 721 g/mol. The molecule has 55 heavy (non-hydrogen) atoms. The van der Waals surface area contributed by atoms with Crippen LogP contribution >= 0.6 is 0 Å². The first-order chi connectivity index (χ1) is 26.9. The Hall–Kier alpha value is -4.16. The molecule has 0 heterocycles. The molecule has 13 unspecified atom stereocenters. The highest BCUT2D eigenvalue weighted by Gasteiger charge is 2.58. The van der Waals surface area contributed by atoms with Gasteiger partial charge in [0.15, 0.2) is 0 Å². The molecule has 0 aromatic heterocycles. The molecule has 10 rings (SSSR count). The van der Waals surface area contributed by atoms with Crippen molar-refractivity contribution in [2.24, 2.45) is 47.3 Å². The lowest BCUT2D eigenvalue weighted by Crippen LogP contribution is -2.34.